The molecule has 0 radical (unpaired) electrons. The minimum atomic E-state index is 0.552. The fraction of sp³-hybridized carbons (Fsp3) is 0.333. The summed E-state index contributed by atoms with van der Waals surface area (Å²) in [7, 11) is 0. The number of aromatic nitrogens is 2. The van der Waals surface area contributed by atoms with Gasteiger partial charge in [-0.25, -0.2) is 15.8 Å². The number of hydrazine groups is 1. The highest BCUT2D eigenvalue weighted by Gasteiger charge is 2.07. The third kappa shape index (κ3) is 4.28. The standard InChI is InChI=1S/C15H19BrN4/c1-10(2)7-13-9-15(20-17)19-14(18-13)8-11-3-5-12(16)6-4-11/h3-6,9-10H,7-8,17H2,1-2H3,(H,18,19,20). The van der Waals surface area contributed by atoms with Crippen LogP contribution in [0.5, 0.6) is 0 Å². The molecule has 0 bridgehead atoms. The van der Waals surface area contributed by atoms with Crippen LogP contribution < -0.4 is 11.3 Å². The Balaban J connectivity index is 2.23. The molecule has 1 aromatic heterocycles. The van der Waals surface area contributed by atoms with E-state index >= 15 is 0 Å². The molecule has 2 rings (SSSR count). The molecule has 1 aromatic carbocycles. The number of rotatable bonds is 5. The number of nitrogens with two attached hydrogens (primary N) is 1. The van der Waals surface area contributed by atoms with E-state index in [9.17, 15) is 0 Å². The first-order valence-corrected chi connectivity index (χ1v) is 7.44. The van der Waals surface area contributed by atoms with Crippen LogP contribution in [0.1, 0.15) is 30.9 Å². The van der Waals surface area contributed by atoms with Crippen molar-refractivity contribution in [2.75, 3.05) is 5.43 Å². The molecule has 4 nitrogen and oxygen atoms in total. The van der Waals surface area contributed by atoms with Gasteiger partial charge < -0.3 is 5.43 Å². The zero-order chi connectivity index (χ0) is 14.5. The molecule has 2 aromatic rings. The second kappa shape index (κ2) is 6.81. The zero-order valence-electron chi connectivity index (χ0n) is 11.7. The SMILES string of the molecule is CC(C)Cc1cc(NN)nc(Cc2ccc(Br)cc2)n1. The summed E-state index contributed by atoms with van der Waals surface area (Å²) in [5.41, 5.74) is 4.82. The van der Waals surface area contributed by atoms with Gasteiger partial charge in [-0.1, -0.05) is 41.9 Å². The quantitative estimate of drug-likeness (QED) is 0.650. The Labute approximate surface area is 127 Å². The monoisotopic (exact) mass is 334 g/mol. The van der Waals surface area contributed by atoms with Gasteiger partial charge >= 0.3 is 0 Å². The lowest BCUT2D eigenvalue weighted by molar-refractivity contribution is 0.631. The van der Waals surface area contributed by atoms with Gasteiger partial charge in [0, 0.05) is 22.7 Å². The molecule has 0 atom stereocenters. The van der Waals surface area contributed by atoms with Crippen LogP contribution in [0.4, 0.5) is 5.82 Å². The van der Waals surface area contributed by atoms with Crippen LogP contribution in [0, 0.1) is 5.92 Å². The summed E-state index contributed by atoms with van der Waals surface area (Å²) in [5.74, 6) is 7.50. The highest BCUT2D eigenvalue weighted by molar-refractivity contribution is 9.10. The predicted octanol–water partition coefficient (Wildman–Crippen LogP) is 3.31. The molecule has 1 heterocycles. The van der Waals surface area contributed by atoms with Crippen molar-refractivity contribution in [3.8, 4) is 0 Å². The molecule has 0 saturated carbocycles. The van der Waals surface area contributed by atoms with Gasteiger partial charge in [-0.2, -0.15) is 0 Å². The van der Waals surface area contributed by atoms with E-state index in [0.29, 0.717) is 18.2 Å². The maximum absolute atomic E-state index is 5.49. The van der Waals surface area contributed by atoms with Gasteiger partial charge in [-0.15, -0.1) is 0 Å². The lowest BCUT2D eigenvalue weighted by atomic mass is 10.1. The first kappa shape index (κ1) is 14.9. The van der Waals surface area contributed by atoms with Crippen molar-refractivity contribution in [1.82, 2.24) is 9.97 Å². The summed E-state index contributed by atoms with van der Waals surface area (Å²) in [6.07, 6.45) is 1.62. The van der Waals surface area contributed by atoms with Crippen LogP contribution in [0.25, 0.3) is 0 Å². The lowest BCUT2D eigenvalue weighted by Crippen LogP contribution is -2.12. The van der Waals surface area contributed by atoms with Crippen LogP contribution in [-0.2, 0) is 12.8 Å². The predicted molar refractivity (Wildman–Crippen MR) is 85.3 cm³/mol. The molecule has 0 saturated heterocycles. The van der Waals surface area contributed by atoms with Crippen molar-refractivity contribution in [3.63, 3.8) is 0 Å². The minimum absolute atomic E-state index is 0.552. The Morgan fingerprint density at radius 1 is 1.20 bits per heavy atom. The Bertz CT molecular complexity index is 567. The molecular weight excluding hydrogens is 316 g/mol. The molecule has 3 N–H and O–H groups in total. The van der Waals surface area contributed by atoms with Gasteiger partial charge in [0.15, 0.2) is 0 Å². The van der Waals surface area contributed by atoms with E-state index in [1.807, 2.05) is 18.2 Å². The average molecular weight is 335 g/mol. The molecule has 5 heteroatoms. The topological polar surface area (TPSA) is 63.8 Å². The minimum Gasteiger partial charge on any atom is -0.308 e. The smallest absolute Gasteiger partial charge is 0.143 e. The van der Waals surface area contributed by atoms with E-state index in [4.69, 9.17) is 5.84 Å². The second-order valence-electron chi connectivity index (χ2n) is 5.21. The maximum atomic E-state index is 5.49. The van der Waals surface area contributed by atoms with E-state index in [1.165, 1.54) is 5.56 Å². The normalized spacial score (nSPS) is 10.8. The Kier molecular flexibility index (Phi) is 5.09. The van der Waals surface area contributed by atoms with Crippen molar-refractivity contribution in [2.24, 2.45) is 11.8 Å². The van der Waals surface area contributed by atoms with Crippen LogP contribution in [0.3, 0.4) is 0 Å². The van der Waals surface area contributed by atoms with Crippen molar-refractivity contribution < 1.29 is 0 Å². The third-order valence-electron chi connectivity index (χ3n) is 2.87. The number of halogens is 1. The van der Waals surface area contributed by atoms with E-state index in [2.05, 4.69) is 57.3 Å². The van der Waals surface area contributed by atoms with Gasteiger partial charge in [-0.3, -0.25) is 0 Å². The van der Waals surface area contributed by atoms with Crippen LogP contribution in [-0.4, -0.2) is 9.97 Å². The van der Waals surface area contributed by atoms with E-state index in [1.54, 1.807) is 0 Å². The molecule has 0 spiro atoms. The zero-order valence-corrected chi connectivity index (χ0v) is 13.3. The van der Waals surface area contributed by atoms with Gasteiger partial charge in [0.1, 0.15) is 11.6 Å². The molecular formula is C15H19BrN4. The molecule has 0 amide bonds. The molecule has 0 fully saturated rings. The van der Waals surface area contributed by atoms with E-state index in [-0.39, 0.29) is 0 Å². The Hall–Kier alpha value is -1.46. The van der Waals surface area contributed by atoms with Gasteiger partial charge in [0.2, 0.25) is 0 Å². The summed E-state index contributed by atoms with van der Waals surface area (Å²) in [5, 5.41) is 0. The number of benzene rings is 1. The molecule has 0 aliphatic rings. The summed E-state index contributed by atoms with van der Waals surface area (Å²) < 4.78 is 1.07. The fourth-order valence-corrected chi connectivity index (χ4v) is 2.28. The molecule has 20 heavy (non-hydrogen) atoms. The van der Waals surface area contributed by atoms with Gasteiger partial charge in [0.25, 0.3) is 0 Å². The van der Waals surface area contributed by atoms with Crippen LogP contribution >= 0.6 is 15.9 Å². The molecule has 0 aliphatic heterocycles. The first-order chi connectivity index (χ1) is 9.56. The van der Waals surface area contributed by atoms with Crippen molar-refractivity contribution in [2.45, 2.75) is 26.7 Å². The molecule has 106 valence electrons. The van der Waals surface area contributed by atoms with E-state index in [0.717, 1.165) is 22.4 Å². The van der Waals surface area contributed by atoms with Crippen molar-refractivity contribution in [3.05, 3.63) is 51.9 Å². The Morgan fingerprint density at radius 3 is 2.50 bits per heavy atom. The fourth-order valence-electron chi connectivity index (χ4n) is 2.01. The number of hydrogen-bond donors (Lipinski definition) is 2. The summed E-state index contributed by atoms with van der Waals surface area (Å²) in [6, 6.07) is 10.1. The lowest BCUT2D eigenvalue weighted by Gasteiger charge is -2.09. The summed E-state index contributed by atoms with van der Waals surface area (Å²) >= 11 is 3.43. The van der Waals surface area contributed by atoms with Crippen LogP contribution in [0.15, 0.2) is 34.8 Å². The molecule has 0 unspecified atom stereocenters. The van der Waals surface area contributed by atoms with Crippen LogP contribution in [0.2, 0.25) is 0 Å². The maximum Gasteiger partial charge on any atom is 0.143 e. The Morgan fingerprint density at radius 2 is 1.90 bits per heavy atom. The van der Waals surface area contributed by atoms with Crippen molar-refractivity contribution in [1.29, 1.82) is 0 Å². The van der Waals surface area contributed by atoms with Gasteiger partial charge in [0.05, 0.1) is 0 Å². The number of nitrogens with zero attached hydrogens (tertiary/aromatic N) is 2. The summed E-state index contributed by atoms with van der Waals surface area (Å²) in [6.45, 7) is 4.35. The van der Waals surface area contributed by atoms with E-state index < -0.39 is 0 Å². The number of nitrogen functional groups attached to an aromatic ring is 1. The number of hydrogen-bond acceptors (Lipinski definition) is 4. The largest absolute Gasteiger partial charge is 0.308 e. The summed E-state index contributed by atoms with van der Waals surface area (Å²) in [4.78, 5) is 9.04. The average Bonchev–Trinajstić information content (AvgIpc) is 2.40. The van der Waals surface area contributed by atoms with Crippen molar-refractivity contribution >= 4 is 21.7 Å². The van der Waals surface area contributed by atoms with Gasteiger partial charge in [-0.05, 0) is 30.0 Å². The molecule has 0 aliphatic carbocycles. The first-order valence-electron chi connectivity index (χ1n) is 6.64. The third-order valence-corrected chi connectivity index (χ3v) is 3.39. The highest BCUT2D eigenvalue weighted by Crippen LogP contribution is 2.15. The second-order valence-corrected chi connectivity index (χ2v) is 6.12. The number of anilines is 1. The number of nitrogens with one attached hydrogen (secondary N) is 1. The highest BCUT2D eigenvalue weighted by atomic mass is 79.9.